The van der Waals surface area contributed by atoms with E-state index in [4.69, 9.17) is 33.2 Å². The smallest absolute Gasteiger partial charge is 0.311 e. The molecule has 18 atom stereocenters. The van der Waals surface area contributed by atoms with E-state index in [0.29, 0.717) is 6.42 Å². The predicted octanol–water partition coefficient (Wildman–Crippen LogP) is 2.60. The summed E-state index contributed by atoms with van der Waals surface area (Å²) in [6, 6.07) is -0.283. The topological polar surface area (TPSA) is 218 Å². The quantitative estimate of drug-likeness (QED) is 0.225. The van der Waals surface area contributed by atoms with E-state index in [1.54, 1.807) is 48.5 Å². The fourth-order valence-corrected chi connectivity index (χ4v) is 8.58. The lowest BCUT2D eigenvalue weighted by atomic mass is 9.74. The third-order valence-corrected chi connectivity index (χ3v) is 12.3. The first kappa shape index (κ1) is 47.8. The maximum absolute atomic E-state index is 14.2. The van der Waals surface area contributed by atoms with Crippen LogP contribution in [0.25, 0.3) is 0 Å². The Morgan fingerprint density at radius 3 is 1.96 bits per heavy atom. The van der Waals surface area contributed by atoms with Gasteiger partial charge in [-0.15, -0.1) is 0 Å². The Hall–Kier alpha value is -1.34. The summed E-state index contributed by atoms with van der Waals surface area (Å²) in [6.45, 7) is 17.1. The van der Waals surface area contributed by atoms with Crippen LogP contribution < -0.4 is 6.15 Å². The van der Waals surface area contributed by atoms with E-state index >= 15 is 0 Å². The van der Waals surface area contributed by atoms with Crippen molar-refractivity contribution >= 4 is 11.8 Å². The first-order chi connectivity index (χ1) is 24.0. The molecule has 15 heteroatoms. The standard InChI is InChI=1S/C38H69NO13.H3N/c1-15-26-38(10,45)31(42)21(4)28(40)19(2)17-37(9,47-14)33(52-35-29(41)25(39(11)12)16-20(3)48-35)22(5)30(23(6)34(44)50-26)51-27-18-36(8,46-13)32(43)24(7)49-27;/h19-27,29-33,35,41-43,45H,15-18H2,1-14H3;1H3/t19-,20-,21+,22?,23-,24+,25+,26-,27+,29-,30+,31-,32+,33-,35+,36-,37-,38-;/m1./s1. The number of hydrogen-bond acceptors (Lipinski definition) is 15. The number of nitrogens with zero attached hydrogens (tertiary/aromatic N) is 1. The van der Waals surface area contributed by atoms with Gasteiger partial charge in [0.1, 0.15) is 29.7 Å². The Bertz CT molecular complexity index is 1190. The van der Waals surface area contributed by atoms with Crippen LogP contribution in [0.4, 0.5) is 0 Å². The van der Waals surface area contributed by atoms with Gasteiger partial charge in [-0.25, -0.2) is 0 Å². The Balaban J connectivity index is 0.00000972. The molecule has 0 aromatic rings. The lowest BCUT2D eigenvalue weighted by Crippen LogP contribution is -2.61. The molecule has 0 spiro atoms. The summed E-state index contributed by atoms with van der Waals surface area (Å²) < 4.78 is 43.9. The number of ketones is 1. The van der Waals surface area contributed by atoms with Gasteiger partial charge >= 0.3 is 5.97 Å². The number of methoxy groups -OCH3 is 2. The second-order valence-corrected chi connectivity index (χ2v) is 16.6. The number of Topliss-reactive ketones (excluding diaryl/α,β-unsaturated/α-hetero) is 1. The number of hydrogen-bond donors (Lipinski definition) is 5. The first-order valence-electron chi connectivity index (χ1n) is 18.9. The lowest BCUT2D eigenvalue weighted by Gasteiger charge is -2.50. The third-order valence-electron chi connectivity index (χ3n) is 12.3. The van der Waals surface area contributed by atoms with Crippen molar-refractivity contribution in [3.8, 4) is 0 Å². The average Bonchev–Trinajstić information content (AvgIpc) is 3.09. The Morgan fingerprint density at radius 1 is 0.849 bits per heavy atom. The molecular formula is C38H72N2O13. The van der Waals surface area contributed by atoms with E-state index in [9.17, 15) is 30.0 Å². The van der Waals surface area contributed by atoms with E-state index in [0.717, 1.165) is 0 Å². The van der Waals surface area contributed by atoms with Crippen LogP contribution in [-0.4, -0.2) is 150 Å². The zero-order valence-electron chi connectivity index (χ0n) is 34.6. The van der Waals surface area contributed by atoms with Gasteiger partial charge in [0.25, 0.3) is 0 Å². The second-order valence-electron chi connectivity index (χ2n) is 16.6. The van der Waals surface area contributed by atoms with Crippen molar-refractivity contribution in [2.45, 2.75) is 179 Å². The van der Waals surface area contributed by atoms with Crippen LogP contribution in [-0.2, 0) is 42.7 Å². The van der Waals surface area contributed by atoms with Crippen molar-refractivity contribution in [3.05, 3.63) is 0 Å². The van der Waals surface area contributed by atoms with E-state index in [2.05, 4.69) is 0 Å². The molecule has 3 aliphatic rings. The monoisotopic (exact) mass is 765 g/mol. The minimum Gasteiger partial charge on any atom is -0.459 e. The summed E-state index contributed by atoms with van der Waals surface area (Å²) >= 11 is 0. The van der Waals surface area contributed by atoms with Gasteiger partial charge in [-0.3, -0.25) is 9.59 Å². The summed E-state index contributed by atoms with van der Waals surface area (Å²) in [6.07, 6.45) is -8.73. The van der Waals surface area contributed by atoms with Crippen LogP contribution in [0.5, 0.6) is 0 Å². The molecular weight excluding hydrogens is 692 g/mol. The largest absolute Gasteiger partial charge is 0.459 e. The van der Waals surface area contributed by atoms with Crippen LogP contribution >= 0.6 is 0 Å². The summed E-state index contributed by atoms with van der Waals surface area (Å²) in [4.78, 5) is 30.1. The van der Waals surface area contributed by atoms with Gasteiger partial charge in [-0.1, -0.05) is 27.7 Å². The zero-order chi connectivity index (χ0) is 39.7. The van der Waals surface area contributed by atoms with Crippen molar-refractivity contribution < 1.29 is 63.2 Å². The first-order valence-corrected chi connectivity index (χ1v) is 18.9. The van der Waals surface area contributed by atoms with Crippen molar-refractivity contribution in [2.24, 2.45) is 23.7 Å². The van der Waals surface area contributed by atoms with Gasteiger partial charge in [-0.05, 0) is 74.9 Å². The molecule has 0 aromatic carbocycles. The summed E-state index contributed by atoms with van der Waals surface area (Å²) in [7, 11) is 6.77. The molecule has 3 aliphatic heterocycles. The van der Waals surface area contributed by atoms with Gasteiger partial charge in [-0.2, -0.15) is 0 Å². The fourth-order valence-electron chi connectivity index (χ4n) is 8.58. The maximum Gasteiger partial charge on any atom is 0.311 e. The van der Waals surface area contributed by atoms with Crippen LogP contribution in [0, 0.1) is 23.7 Å². The Morgan fingerprint density at radius 2 is 1.43 bits per heavy atom. The van der Waals surface area contributed by atoms with Crippen molar-refractivity contribution in [1.82, 2.24) is 11.1 Å². The van der Waals surface area contributed by atoms with Crippen LogP contribution in [0.1, 0.15) is 94.9 Å². The number of carbonyl (C=O) groups excluding carboxylic acids is 2. The highest BCUT2D eigenvalue weighted by molar-refractivity contribution is 5.83. The second kappa shape index (κ2) is 18.7. The van der Waals surface area contributed by atoms with Crippen molar-refractivity contribution in [2.75, 3.05) is 28.3 Å². The van der Waals surface area contributed by atoms with Gasteiger partial charge in [0.05, 0.1) is 47.6 Å². The molecule has 0 saturated carbocycles. The van der Waals surface area contributed by atoms with Gasteiger partial charge < -0.3 is 64.6 Å². The molecule has 0 aromatic heterocycles. The fraction of sp³-hybridized carbons (Fsp3) is 0.947. The molecule has 0 amide bonds. The average molecular weight is 765 g/mol. The van der Waals surface area contributed by atoms with Gasteiger partial charge in [0.15, 0.2) is 12.6 Å². The molecule has 7 N–H and O–H groups in total. The highest BCUT2D eigenvalue weighted by Crippen LogP contribution is 2.41. The molecule has 15 nitrogen and oxygen atoms in total. The molecule has 0 radical (unpaired) electrons. The highest BCUT2D eigenvalue weighted by atomic mass is 16.7. The van der Waals surface area contributed by atoms with Crippen LogP contribution in [0.2, 0.25) is 0 Å². The normalized spacial score (nSPS) is 48.1. The number of rotatable bonds is 8. The number of carbonyl (C=O) groups is 2. The zero-order valence-corrected chi connectivity index (χ0v) is 34.6. The van der Waals surface area contributed by atoms with Gasteiger partial charge in [0.2, 0.25) is 0 Å². The summed E-state index contributed by atoms with van der Waals surface area (Å²) in [5.74, 6) is -4.47. The van der Waals surface area contributed by atoms with E-state index in [1.165, 1.54) is 21.1 Å². The number of ether oxygens (including phenoxy) is 7. The van der Waals surface area contributed by atoms with E-state index < -0.39 is 102 Å². The molecule has 3 rings (SSSR count). The summed E-state index contributed by atoms with van der Waals surface area (Å²) in [5, 5.41) is 45.6. The number of esters is 1. The summed E-state index contributed by atoms with van der Waals surface area (Å²) in [5.41, 5.74) is -4.24. The van der Waals surface area contributed by atoms with E-state index in [1.807, 2.05) is 32.8 Å². The molecule has 0 aliphatic carbocycles. The molecule has 312 valence electrons. The number of aliphatic hydroxyl groups excluding tert-OH is 3. The Labute approximate surface area is 316 Å². The third kappa shape index (κ3) is 10.2. The molecule has 1 unspecified atom stereocenters. The van der Waals surface area contributed by atoms with Crippen LogP contribution in [0.15, 0.2) is 0 Å². The SMILES string of the molecule is CC[C@H]1OC(=O)[C@H](C)[C@@H](O[C@H]2C[C@@](C)(OC)[C@@H](O)[C@H](C)O2)C(C)[C@@H](O[C@@H]2O[C@H](C)C[C@H](N(C)C)[C@H]2O)[C@](C)(OC)C[C@@H](C)C(=O)[C@H](C)[C@@H](O)[C@]1(C)O.N. The minimum absolute atomic E-state index is 0. The van der Waals surface area contributed by atoms with Crippen molar-refractivity contribution in [1.29, 1.82) is 0 Å². The predicted molar refractivity (Wildman–Crippen MR) is 196 cm³/mol. The lowest BCUT2D eigenvalue weighted by molar-refractivity contribution is -0.319. The van der Waals surface area contributed by atoms with Crippen molar-refractivity contribution in [3.63, 3.8) is 0 Å². The highest BCUT2D eigenvalue weighted by Gasteiger charge is 2.54. The number of aliphatic hydroxyl groups is 4. The molecule has 3 heterocycles. The number of likely N-dealkylation sites (N-methyl/N-ethyl adjacent to an activating group) is 1. The number of cyclic esters (lactones) is 1. The maximum atomic E-state index is 14.2. The molecule has 53 heavy (non-hydrogen) atoms. The molecule has 3 saturated heterocycles. The molecule has 3 fully saturated rings. The molecule has 0 bridgehead atoms. The van der Waals surface area contributed by atoms with Crippen LogP contribution in [0.3, 0.4) is 0 Å². The minimum atomic E-state index is -1.96. The van der Waals surface area contributed by atoms with Gasteiger partial charge in [0, 0.05) is 44.4 Å². The Kier molecular flexibility index (Phi) is 16.9. The van der Waals surface area contributed by atoms with E-state index in [-0.39, 0.29) is 43.3 Å².